The van der Waals surface area contributed by atoms with Gasteiger partial charge in [0, 0.05) is 17.1 Å². The van der Waals surface area contributed by atoms with Crippen LogP contribution in [-0.4, -0.2) is 39.4 Å². The van der Waals surface area contributed by atoms with Crippen LogP contribution in [0.4, 0.5) is 5.69 Å². The Hall–Kier alpha value is -2.75. The summed E-state index contributed by atoms with van der Waals surface area (Å²) >= 11 is 13.2. The maximum absolute atomic E-state index is 12.4. The molecule has 0 bridgehead atoms. The number of nitrogens with one attached hydrogen (secondary N) is 2. The topological polar surface area (TPSA) is 98.1 Å². The van der Waals surface area contributed by atoms with Crippen LogP contribution < -0.4 is 15.4 Å². The maximum Gasteiger partial charge on any atom is 0.251 e. The minimum atomic E-state index is -0.237. The lowest BCUT2D eigenvalue weighted by molar-refractivity contribution is -0.113. The predicted molar refractivity (Wildman–Crippen MR) is 126 cm³/mol. The number of hydrogen-bond donors (Lipinski definition) is 2. The van der Waals surface area contributed by atoms with E-state index in [9.17, 15) is 9.59 Å². The van der Waals surface area contributed by atoms with Crippen molar-refractivity contribution in [3.05, 3.63) is 63.9 Å². The van der Waals surface area contributed by atoms with E-state index in [-0.39, 0.29) is 24.1 Å². The van der Waals surface area contributed by atoms with Crippen molar-refractivity contribution in [2.75, 3.05) is 18.2 Å². The summed E-state index contributed by atoms with van der Waals surface area (Å²) in [6.45, 7) is 2.74. The first kappa shape index (κ1) is 23.9. The van der Waals surface area contributed by atoms with Crippen molar-refractivity contribution in [3.63, 3.8) is 0 Å². The number of carbonyl (C=O) groups is 2. The summed E-state index contributed by atoms with van der Waals surface area (Å²) < 4.78 is 6.95. The number of nitrogens with zero attached hydrogens (tertiary/aromatic N) is 3. The van der Waals surface area contributed by atoms with Gasteiger partial charge in [-0.3, -0.25) is 9.59 Å². The fourth-order valence-electron chi connectivity index (χ4n) is 2.79. The molecule has 1 aromatic heterocycles. The minimum Gasteiger partial charge on any atom is -0.497 e. The highest BCUT2D eigenvalue weighted by molar-refractivity contribution is 7.99. The number of rotatable bonds is 9. The summed E-state index contributed by atoms with van der Waals surface area (Å²) in [7, 11) is 1.57. The van der Waals surface area contributed by atoms with E-state index < -0.39 is 0 Å². The quantitative estimate of drug-likeness (QED) is 0.431. The highest BCUT2D eigenvalue weighted by Crippen LogP contribution is 2.26. The van der Waals surface area contributed by atoms with Gasteiger partial charge in [0.15, 0.2) is 11.0 Å². The Labute approximate surface area is 199 Å². The van der Waals surface area contributed by atoms with Crippen LogP contribution in [0.25, 0.3) is 0 Å². The number of halogens is 2. The van der Waals surface area contributed by atoms with E-state index in [0.717, 1.165) is 0 Å². The summed E-state index contributed by atoms with van der Waals surface area (Å²) in [6, 6.07) is 11.7. The second-order valence-corrected chi connectivity index (χ2v) is 8.30. The van der Waals surface area contributed by atoms with E-state index in [4.69, 9.17) is 27.9 Å². The lowest BCUT2D eigenvalue weighted by Crippen LogP contribution is -2.24. The molecule has 11 heteroatoms. The average Bonchev–Trinajstić information content (AvgIpc) is 3.19. The number of methoxy groups -OCH3 is 1. The average molecular weight is 494 g/mol. The van der Waals surface area contributed by atoms with E-state index >= 15 is 0 Å². The third-order valence-electron chi connectivity index (χ3n) is 4.41. The lowest BCUT2D eigenvalue weighted by atomic mass is 10.2. The third-order valence-corrected chi connectivity index (χ3v) is 5.92. The lowest BCUT2D eigenvalue weighted by Gasteiger charge is -2.09. The van der Waals surface area contributed by atoms with Crippen LogP contribution in [0.2, 0.25) is 10.0 Å². The molecular formula is C21H21Cl2N5O3S. The molecule has 0 atom stereocenters. The molecular weight excluding hydrogens is 473 g/mol. The van der Waals surface area contributed by atoms with Crippen LogP contribution in [0.1, 0.15) is 23.1 Å². The second kappa shape index (κ2) is 11.2. The van der Waals surface area contributed by atoms with Gasteiger partial charge >= 0.3 is 0 Å². The molecule has 32 heavy (non-hydrogen) atoms. The van der Waals surface area contributed by atoms with Crippen LogP contribution in [0.3, 0.4) is 0 Å². The molecule has 0 unspecified atom stereocenters. The molecule has 3 rings (SSSR count). The van der Waals surface area contributed by atoms with Gasteiger partial charge < -0.3 is 19.9 Å². The summed E-state index contributed by atoms with van der Waals surface area (Å²) in [5, 5.41) is 15.3. The molecule has 1 heterocycles. The van der Waals surface area contributed by atoms with E-state index in [1.807, 2.05) is 11.5 Å². The van der Waals surface area contributed by atoms with Crippen LogP contribution in [0.15, 0.2) is 47.6 Å². The Balaban J connectivity index is 1.56. The van der Waals surface area contributed by atoms with Gasteiger partial charge in [0.2, 0.25) is 5.91 Å². The van der Waals surface area contributed by atoms with Crippen molar-refractivity contribution >= 4 is 52.5 Å². The van der Waals surface area contributed by atoms with Gasteiger partial charge in [0.25, 0.3) is 5.91 Å². The van der Waals surface area contributed by atoms with Crippen molar-refractivity contribution in [2.45, 2.75) is 25.2 Å². The smallest absolute Gasteiger partial charge is 0.251 e. The number of benzene rings is 2. The Kier molecular flexibility index (Phi) is 8.38. The first-order chi connectivity index (χ1) is 15.4. The van der Waals surface area contributed by atoms with E-state index in [1.165, 1.54) is 11.8 Å². The van der Waals surface area contributed by atoms with Crippen LogP contribution in [0.5, 0.6) is 5.75 Å². The zero-order valence-electron chi connectivity index (χ0n) is 17.4. The Bertz CT molecular complexity index is 1110. The van der Waals surface area contributed by atoms with E-state index in [1.54, 1.807) is 49.6 Å². The number of thioether (sulfide) groups is 1. The molecule has 2 amide bonds. The maximum atomic E-state index is 12.4. The Morgan fingerprint density at radius 3 is 2.53 bits per heavy atom. The van der Waals surface area contributed by atoms with Crippen molar-refractivity contribution in [1.82, 2.24) is 20.1 Å². The summed E-state index contributed by atoms with van der Waals surface area (Å²) in [6.07, 6.45) is 0. The molecule has 168 valence electrons. The Morgan fingerprint density at radius 1 is 1.12 bits per heavy atom. The van der Waals surface area contributed by atoms with Crippen molar-refractivity contribution < 1.29 is 14.3 Å². The molecule has 0 radical (unpaired) electrons. The van der Waals surface area contributed by atoms with Crippen LogP contribution in [0, 0.1) is 0 Å². The van der Waals surface area contributed by atoms with Crippen LogP contribution in [-0.2, 0) is 17.9 Å². The first-order valence-electron chi connectivity index (χ1n) is 9.63. The van der Waals surface area contributed by atoms with Gasteiger partial charge in [0.1, 0.15) is 5.75 Å². The van der Waals surface area contributed by atoms with Crippen molar-refractivity contribution in [1.29, 1.82) is 0 Å². The zero-order chi connectivity index (χ0) is 23.1. The zero-order valence-corrected chi connectivity index (χ0v) is 19.7. The molecule has 0 saturated heterocycles. The molecule has 3 aromatic rings. The van der Waals surface area contributed by atoms with Crippen molar-refractivity contribution in [3.8, 4) is 5.75 Å². The number of ether oxygens (including phenoxy) is 1. The highest BCUT2D eigenvalue weighted by atomic mass is 35.5. The number of carbonyl (C=O) groups excluding carboxylic acids is 2. The second-order valence-electron chi connectivity index (χ2n) is 6.52. The SMILES string of the molecule is CCn1c(CNC(=O)c2ccc(OC)cc2)nnc1SCC(=O)Nc1ccc(Cl)cc1Cl. The monoisotopic (exact) mass is 493 g/mol. The molecule has 2 aromatic carbocycles. The summed E-state index contributed by atoms with van der Waals surface area (Å²) in [4.78, 5) is 24.7. The molecule has 0 aliphatic carbocycles. The van der Waals surface area contributed by atoms with Gasteiger partial charge in [-0.05, 0) is 49.4 Å². The first-order valence-corrected chi connectivity index (χ1v) is 11.4. The third kappa shape index (κ3) is 6.15. The molecule has 8 nitrogen and oxygen atoms in total. The summed E-state index contributed by atoms with van der Waals surface area (Å²) in [5.41, 5.74) is 1.00. The van der Waals surface area contributed by atoms with Gasteiger partial charge in [-0.1, -0.05) is 35.0 Å². The van der Waals surface area contributed by atoms with Crippen molar-refractivity contribution in [2.24, 2.45) is 0 Å². The molecule has 2 N–H and O–H groups in total. The van der Waals surface area contributed by atoms with Crippen LogP contribution >= 0.6 is 35.0 Å². The number of anilines is 1. The standard InChI is InChI=1S/C21H21Cl2N5O3S/c1-3-28-18(11-24-20(30)13-4-7-15(31-2)8-5-13)26-27-21(28)32-12-19(29)25-17-9-6-14(22)10-16(17)23/h4-10H,3,11-12H2,1-2H3,(H,24,30)(H,25,29). The number of hydrogen-bond acceptors (Lipinski definition) is 6. The molecule has 0 aliphatic heterocycles. The highest BCUT2D eigenvalue weighted by Gasteiger charge is 2.15. The number of aromatic nitrogens is 3. The minimum absolute atomic E-state index is 0.120. The number of amides is 2. The van der Waals surface area contributed by atoms with E-state index in [0.29, 0.717) is 44.6 Å². The van der Waals surface area contributed by atoms with Gasteiger partial charge in [0.05, 0.1) is 30.1 Å². The van der Waals surface area contributed by atoms with E-state index in [2.05, 4.69) is 20.8 Å². The molecule has 0 spiro atoms. The molecule has 0 aliphatic rings. The van der Waals surface area contributed by atoms with Gasteiger partial charge in [-0.2, -0.15) is 0 Å². The fraction of sp³-hybridized carbons (Fsp3) is 0.238. The normalized spacial score (nSPS) is 10.6. The summed E-state index contributed by atoms with van der Waals surface area (Å²) in [5.74, 6) is 0.926. The molecule has 0 saturated carbocycles. The molecule has 0 fully saturated rings. The van der Waals surface area contributed by atoms with Gasteiger partial charge in [-0.15, -0.1) is 10.2 Å². The van der Waals surface area contributed by atoms with Gasteiger partial charge in [-0.25, -0.2) is 0 Å². The largest absolute Gasteiger partial charge is 0.497 e. The predicted octanol–water partition coefficient (Wildman–Crippen LogP) is 4.27. The Morgan fingerprint density at radius 2 is 1.88 bits per heavy atom. The fourth-order valence-corrected chi connectivity index (χ4v) is 4.06.